The summed E-state index contributed by atoms with van der Waals surface area (Å²) in [6, 6.07) is 10.7. The quantitative estimate of drug-likeness (QED) is 0.647. The van der Waals surface area contributed by atoms with E-state index in [9.17, 15) is 26.4 Å². The van der Waals surface area contributed by atoms with E-state index in [1.165, 1.54) is 0 Å². The van der Waals surface area contributed by atoms with Crippen LogP contribution in [0.3, 0.4) is 0 Å². The number of benzene rings is 1. The lowest BCUT2D eigenvalue weighted by molar-refractivity contribution is -0.192. The summed E-state index contributed by atoms with van der Waals surface area (Å²) in [7, 11) is -3.39. The number of carboxylic acid groups (broad SMARTS) is 1. The number of fused-ring (bicyclic) bond motifs is 1. The van der Waals surface area contributed by atoms with Gasteiger partial charge in [-0.15, -0.1) is 0 Å². The van der Waals surface area contributed by atoms with E-state index in [2.05, 4.69) is 4.98 Å². The van der Waals surface area contributed by atoms with Crippen LogP contribution in [0.1, 0.15) is 28.8 Å². The SMILES string of the molecule is O=C(O)C(F)(F)F.O=C(c1ccncc1)N1CC[C@@H]2CN(Cc3cccc(Cl)c3)S(=O)(=O)[C@@H]2CC1. The van der Waals surface area contributed by atoms with Gasteiger partial charge in [0.05, 0.1) is 5.25 Å². The van der Waals surface area contributed by atoms with Gasteiger partial charge < -0.3 is 10.0 Å². The van der Waals surface area contributed by atoms with E-state index < -0.39 is 27.4 Å². The number of nitrogens with zero attached hydrogens (tertiary/aromatic N) is 3. The number of hydrogen-bond donors (Lipinski definition) is 1. The third-order valence-electron chi connectivity index (χ3n) is 5.86. The van der Waals surface area contributed by atoms with Crippen molar-refractivity contribution in [2.24, 2.45) is 5.92 Å². The van der Waals surface area contributed by atoms with Crippen LogP contribution in [-0.4, -0.2) is 70.7 Å². The fraction of sp³-hybridized carbons (Fsp3) is 0.409. The lowest BCUT2D eigenvalue weighted by atomic mass is 10.0. The van der Waals surface area contributed by atoms with Crippen molar-refractivity contribution in [2.75, 3.05) is 19.6 Å². The fourth-order valence-corrected chi connectivity index (χ4v) is 6.61. The number of carbonyl (C=O) groups is 2. The molecule has 1 N–H and O–H groups in total. The van der Waals surface area contributed by atoms with Gasteiger partial charge in [0.15, 0.2) is 0 Å². The monoisotopic (exact) mass is 533 g/mol. The van der Waals surface area contributed by atoms with Crippen molar-refractivity contribution in [1.29, 1.82) is 0 Å². The van der Waals surface area contributed by atoms with E-state index in [1.807, 2.05) is 12.1 Å². The largest absolute Gasteiger partial charge is 0.490 e. The highest BCUT2D eigenvalue weighted by Crippen LogP contribution is 2.35. The van der Waals surface area contributed by atoms with E-state index in [0.717, 1.165) is 5.56 Å². The second-order valence-electron chi connectivity index (χ2n) is 8.17. The minimum atomic E-state index is -5.08. The molecule has 2 aromatic rings. The van der Waals surface area contributed by atoms with Crippen LogP contribution < -0.4 is 0 Å². The average Bonchev–Trinajstić information content (AvgIpc) is 2.93. The van der Waals surface area contributed by atoms with E-state index in [1.54, 1.807) is 45.9 Å². The first-order chi connectivity index (χ1) is 16.4. The Morgan fingerprint density at radius 2 is 1.74 bits per heavy atom. The molecule has 1 amide bonds. The number of likely N-dealkylation sites (tertiary alicyclic amines) is 1. The Morgan fingerprint density at radius 3 is 2.34 bits per heavy atom. The zero-order valence-corrected chi connectivity index (χ0v) is 19.9. The van der Waals surface area contributed by atoms with Crippen molar-refractivity contribution in [3.05, 3.63) is 64.9 Å². The zero-order valence-electron chi connectivity index (χ0n) is 18.4. The van der Waals surface area contributed by atoms with Gasteiger partial charge in [0, 0.05) is 49.2 Å². The smallest absolute Gasteiger partial charge is 0.475 e. The van der Waals surface area contributed by atoms with Gasteiger partial charge in [-0.2, -0.15) is 17.5 Å². The number of alkyl halides is 3. The van der Waals surface area contributed by atoms with Gasteiger partial charge in [-0.05, 0) is 48.6 Å². The number of aliphatic carboxylic acids is 1. The molecule has 3 heterocycles. The van der Waals surface area contributed by atoms with Crippen LogP contribution in [0.15, 0.2) is 48.8 Å². The normalized spacial score (nSPS) is 21.9. The second-order valence-corrected chi connectivity index (χ2v) is 10.8. The molecular formula is C22H23ClF3N3O5S. The molecule has 8 nitrogen and oxygen atoms in total. The third kappa shape index (κ3) is 6.71. The first-order valence-electron chi connectivity index (χ1n) is 10.6. The number of rotatable bonds is 3. The number of carboxylic acids is 1. The lowest BCUT2D eigenvalue weighted by Crippen LogP contribution is -2.34. The average molecular weight is 534 g/mol. The summed E-state index contributed by atoms with van der Waals surface area (Å²) in [5, 5.41) is 7.30. The summed E-state index contributed by atoms with van der Waals surface area (Å²) in [5.74, 6) is -2.78. The van der Waals surface area contributed by atoms with Gasteiger partial charge in [0.1, 0.15) is 0 Å². The molecule has 4 rings (SSSR count). The topological polar surface area (TPSA) is 108 Å². The predicted molar refractivity (Wildman–Crippen MR) is 121 cm³/mol. The standard InChI is InChI=1S/C20H22ClN3O3S.C2HF3O2/c21-18-3-1-2-15(12-18)13-24-14-17-6-10-23(11-7-19(17)28(24,26)27)20(25)16-4-8-22-9-5-16;3-2(4,5)1(6)7/h1-5,8-9,12,17,19H,6-7,10-11,13-14H2;(H,6,7)/t17-,19-;/m1./s1. The van der Waals surface area contributed by atoms with Crippen LogP contribution in [-0.2, 0) is 21.4 Å². The van der Waals surface area contributed by atoms with Gasteiger partial charge in [-0.25, -0.2) is 13.2 Å². The highest BCUT2D eigenvalue weighted by molar-refractivity contribution is 7.90. The van der Waals surface area contributed by atoms with Crippen molar-refractivity contribution in [2.45, 2.75) is 30.8 Å². The number of pyridine rings is 1. The van der Waals surface area contributed by atoms with Crippen LogP contribution >= 0.6 is 11.6 Å². The van der Waals surface area contributed by atoms with Crippen molar-refractivity contribution in [1.82, 2.24) is 14.2 Å². The number of aromatic nitrogens is 1. The van der Waals surface area contributed by atoms with Gasteiger partial charge in [0.2, 0.25) is 10.0 Å². The molecule has 13 heteroatoms. The minimum Gasteiger partial charge on any atom is -0.475 e. The molecule has 2 saturated heterocycles. The molecule has 0 aliphatic carbocycles. The van der Waals surface area contributed by atoms with Gasteiger partial charge >= 0.3 is 12.1 Å². The Morgan fingerprint density at radius 1 is 1.11 bits per heavy atom. The summed E-state index contributed by atoms with van der Waals surface area (Å²) >= 11 is 6.03. The number of carbonyl (C=O) groups excluding carboxylic acids is 1. The van der Waals surface area contributed by atoms with Crippen LogP contribution in [0.2, 0.25) is 5.02 Å². The van der Waals surface area contributed by atoms with Crippen molar-refractivity contribution < 1.29 is 36.3 Å². The maximum absolute atomic E-state index is 13.1. The molecule has 2 aliphatic heterocycles. The number of hydrogen-bond acceptors (Lipinski definition) is 5. The molecule has 1 aromatic carbocycles. The van der Waals surface area contributed by atoms with E-state index in [-0.39, 0.29) is 11.8 Å². The van der Waals surface area contributed by atoms with Crippen LogP contribution in [0.5, 0.6) is 0 Å². The summed E-state index contributed by atoms with van der Waals surface area (Å²) in [4.78, 5) is 27.3. The maximum atomic E-state index is 13.1. The van der Waals surface area contributed by atoms with Gasteiger partial charge in [0.25, 0.3) is 5.91 Å². The van der Waals surface area contributed by atoms with Gasteiger partial charge in [-0.3, -0.25) is 9.78 Å². The predicted octanol–water partition coefficient (Wildman–Crippen LogP) is 3.43. The Bertz CT molecular complexity index is 1160. The molecular weight excluding hydrogens is 511 g/mol. The molecule has 2 aliphatic rings. The summed E-state index contributed by atoms with van der Waals surface area (Å²) in [6.45, 7) is 1.86. The molecule has 2 atom stereocenters. The van der Waals surface area contributed by atoms with Crippen LogP contribution in [0.25, 0.3) is 0 Å². The van der Waals surface area contributed by atoms with Crippen molar-refractivity contribution >= 4 is 33.5 Å². The molecule has 2 fully saturated rings. The zero-order chi connectivity index (χ0) is 25.8. The Hall–Kier alpha value is -2.70. The minimum absolute atomic E-state index is 0.0411. The molecule has 1 aromatic heterocycles. The molecule has 0 saturated carbocycles. The molecule has 0 spiro atoms. The number of amides is 1. The Labute approximate surface area is 205 Å². The Kier molecular flexibility index (Phi) is 8.39. The van der Waals surface area contributed by atoms with E-state index in [0.29, 0.717) is 49.6 Å². The van der Waals surface area contributed by atoms with Crippen molar-refractivity contribution in [3.63, 3.8) is 0 Å². The summed E-state index contributed by atoms with van der Waals surface area (Å²) in [6.07, 6.45) is -0.738. The van der Waals surface area contributed by atoms with Crippen LogP contribution in [0.4, 0.5) is 13.2 Å². The molecule has 0 bridgehead atoms. The highest BCUT2D eigenvalue weighted by Gasteiger charge is 2.47. The maximum Gasteiger partial charge on any atom is 0.490 e. The molecule has 35 heavy (non-hydrogen) atoms. The lowest BCUT2D eigenvalue weighted by Gasteiger charge is -2.22. The number of sulfonamides is 1. The van der Waals surface area contributed by atoms with E-state index >= 15 is 0 Å². The van der Waals surface area contributed by atoms with E-state index in [4.69, 9.17) is 21.5 Å². The number of halogens is 4. The fourth-order valence-electron chi connectivity index (χ4n) is 4.17. The first kappa shape index (κ1) is 26.9. The Balaban J connectivity index is 0.000000429. The van der Waals surface area contributed by atoms with Gasteiger partial charge in [-0.1, -0.05) is 23.7 Å². The molecule has 0 unspecified atom stereocenters. The summed E-state index contributed by atoms with van der Waals surface area (Å²) in [5.41, 5.74) is 1.48. The van der Waals surface area contributed by atoms with Crippen molar-refractivity contribution in [3.8, 4) is 0 Å². The molecule has 0 radical (unpaired) electrons. The first-order valence-corrected chi connectivity index (χ1v) is 12.5. The second kappa shape index (κ2) is 10.9. The van der Waals surface area contributed by atoms with Crippen LogP contribution in [0, 0.1) is 5.92 Å². The highest BCUT2D eigenvalue weighted by atomic mass is 35.5. The third-order valence-corrected chi connectivity index (χ3v) is 8.48. The molecule has 190 valence electrons. The summed E-state index contributed by atoms with van der Waals surface area (Å²) < 4.78 is 59.5.